The van der Waals surface area contributed by atoms with Crippen molar-refractivity contribution in [3.05, 3.63) is 36.7 Å². The van der Waals surface area contributed by atoms with Gasteiger partial charge in [-0.1, -0.05) is 12.1 Å². The first kappa shape index (κ1) is 16.7. The third kappa shape index (κ3) is 4.02. The van der Waals surface area contributed by atoms with Gasteiger partial charge >= 0.3 is 0 Å². The molecule has 1 saturated heterocycles. The van der Waals surface area contributed by atoms with Crippen molar-refractivity contribution in [1.29, 1.82) is 5.26 Å². The van der Waals surface area contributed by atoms with Crippen LogP contribution >= 0.6 is 0 Å². The Bertz CT molecular complexity index is 805. The minimum absolute atomic E-state index is 0.232. The second-order valence-corrected chi connectivity index (χ2v) is 5.42. The highest BCUT2D eigenvalue weighted by Gasteiger charge is 2.26. The summed E-state index contributed by atoms with van der Waals surface area (Å²) in [6.07, 6.45) is 2.71. The lowest BCUT2D eigenvalue weighted by Crippen LogP contribution is -2.46. The molecule has 8 nitrogen and oxygen atoms in total. The molecule has 1 amide bonds. The van der Waals surface area contributed by atoms with Crippen molar-refractivity contribution in [2.24, 2.45) is 0 Å². The number of ether oxygens (including phenoxy) is 2. The van der Waals surface area contributed by atoms with Crippen molar-refractivity contribution in [2.45, 2.75) is 6.10 Å². The largest absolute Gasteiger partial charge is 0.497 e. The van der Waals surface area contributed by atoms with Gasteiger partial charge in [-0.15, -0.1) is 0 Å². The maximum Gasteiger partial charge on any atom is 0.256 e. The van der Waals surface area contributed by atoms with E-state index in [1.54, 1.807) is 13.2 Å². The number of carbonyl (C=O) groups excluding carboxylic acids is 1. The lowest BCUT2D eigenvalue weighted by Gasteiger charge is -2.28. The molecule has 2 aromatic rings. The number of benzene rings is 1. The zero-order valence-electron chi connectivity index (χ0n) is 13.7. The van der Waals surface area contributed by atoms with E-state index < -0.39 is 6.10 Å². The molecule has 25 heavy (non-hydrogen) atoms. The molecule has 1 N–H and O–H groups in total. The van der Waals surface area contributed by atoms with E-state index in [1.807, 2.05) is 30.5 Å². The van der Waals surface area contributed by atoms with E-state index >= 15 is 0 Å². The second-order valence-electron chi connectivity index (χ2n) is 5.42. The van der Waals surface area contributed by atoms with E-state index in [4.69, 9.17) is 14.7 Å². The number of rotatable bonds is 4. The molecule has 1 aromatic carbocycles. The van der Waals surface area contributed by atoms with Crippen LogP contribution in [0.2, 0.25) is 0 Å². The van der Waals surface area contributed by atoms with Gasteiger partial charge in [0.2, 0.25) is 0 Å². The van der Waals surface area contributed by atoms with Gasteiger partial charge in [0.15, 0.2) is 12.3 Å². The SMILES string of the molecule is COc1cccc(-c2cc(NC(=O)[C@H]3CN(C#N)CCO3)ncn2)c1. The first-order valence-corrected chi connectivity index (χ1v) is 7.73. The number of hydrogen-bond acceptors (Lipinski definition) is 7. The number of nitriles is 1. The summed E-state index contributed by atoms with van der Waals surface area (Å²) in [6, 6.07) is 9.13. The topological polar surface area (TPSA) is 100 Å². The fraction of sp³-hybridized carbons (Fsp3) is 0.294. The summed E-state index contributed by atoms with van der Waals surface area (Å²) >= 11 is 0. The number of nitrogens with one attached hydrogen (secondary N) is 1. The van der Waals surface area contributed by atoms with Gasteiger partial charge in [-0.25, -0.2) is 9.97 Å². The van der Waals surface area contributed by atoms with Gasteiger partial charge in [0, 0.05) is 11.6 Å². The molecule has 1 aliphatic rings. The van der Waals surface area contributed by atoms with E-state index in [-0.39, 0.29) is 12.5 Å². The van der Waals surface area contributed by atoms with Crippen LogP contribution in [0.1, 0.15) is 0 Å². The molecule has 0 radical (unpaired) electrons. The van der Waals surface area contributed by atoms with E-state index in [0.717, 1.165) is 5.56 Å². The summed E-state index contributed by atoms with van der Waals surface area (Å²) in [6.45, 7) is 1.06. The standard InChI is InChI=1S/C17H17N5O3/c1-24-13-4-2-3-12(7-13)14-8-16(20-11-19-14)21-17(23)15-9-22(10-18)5-6-25-15/h2-4,7-8,11,15H,5-6,9H2,1H3,(H,19,20,21,23)/t15-/m1/s1. The van der Waals surface area contributed by atoms with Gasteiger partial charge in [0.05, 0.1) is 32.5 Å². The third-order valence-corrected chi connectivity index (χ3v) is 3.78. The summed E-state index contributed by atoms with van der Waals surface area (Å²) in [4.78, 5) is 22.1. The van der Waals surface area contributed by atoms with Crippen LogP contribution in [0.15, 0.2) is 36.7 Å². The molecule has 128 valence electrons. The molecule has 0 aliphatic carbocycles. The van der Waals surface area contributed by atoms with Crippen LogP contribution in [0, 0.1) is 11.5 Å². The van der Waals surface area contributed by atoms with Gasteiger partial charge in [-0.3, -0.25) is 4.79 Å². The lowest BCUT2D eigenvalue weighted by atomic mass is 10.1. The molecule has 0 spiro atoms. The second kappa shape index (κ2) is 7.59. The number of anilines is 1. The van der Waals surface area contributed by atoms with Gasteiger partial charge in [-0.05, 0) is 12.1 Å². The van der Waals surface area contributed by atoms with Crippen LogP contribution in [0.5, 0.6) is 5.75 Å². The predicted molar refractivity (Wildman–Crippen MR) is 89.6 cm³/mol. The number of hydrogen-bond donors (Lipinski definition) is 1. The highest BCUT2D eigenvalue weighted by atomic mass is 16.5. The summed E-state index contributed by atoms with van der Waals surface area (Å²) in [5.41, 5.74) is 1.51. The Kier molecular flexibility index (Phi) is 5.06. The van der Waals surface area contributed by atoms with Crippen LogP contribution in [0.3, 0.4) is 0 Å². The molecule has 1 aromatic heterocycles. The van der Waals surface area contributed by atoms with Gasteiger partial charge in [-0.2, -0.15) is 5.26 Å². The van der Waals surface area contributed by atoms with Gasteiger partial charge < -0.3 is 19.7 Å². The molecule has 1 aliphatic heterocycles. The van der Waals surface area contributed by atoms with Crippen molar-refractivity contribution < 1.29 is 14.3 Å². The smallest absolute Gasteiger partial charge is 0.256 e. The molecule has 1 fully saturated rings. The number of morpholine rings is 1. The number of nitrogens with zero attached hydrogens (tertiary/aromatic N) is 4. The molecule has 0 unspecified atom stereocenters. The highest BCUT2D eigenvalue weighted by molar-refractivity contribution is 5.94. The fourth-order valence-corrected chi connectivity index (χ4v) is 2.47. The Hall–Kier alpha value is -3.18. The monoisotopic (exact) mass is 339 g/mol. The average Bonchev–Trinajstić information content (AvgIpc) is 2.68. The molecule has 0 saturated carbocycles. The normalized spacial score (nSPS) is 16.8. The Morgan fingerprint density at radius 3 is 3.12 bits per heavy atom. The summed E-state index contributed by atoms with van der Waals surface area (Å²) < 4.78 is 10.6. The minimum Gasteiger partial charge on any atom is -0.497 e. The number of methoxy groups -OCH3 is 1. The summed E-state index contributed by atoms with van der Waals surface area (Å²) in [5.74, 6) is 0.750. The van der Waals surface area contributed by atoms with E-state index in [1.165, 1.54) is 11.2 Å². The van der Waals surface area contributed by atoms with Crippen LogP contribution < -0.4 is 10.1 Å². The molecular weight excluding hydrogens is 322 g/mol. The predicted octanol–water partition coefficient (Wildman–Crippen LogP) is 1.27. The maximum atomic E-state index is 12.3. The Morgan fingerprint density at radius 2 is 2.32 bits per heavy atom. The minimum atomic E-state index is -0.705. The average molecular weight is 339 g/mol. The quantitative estimate of drug-likeness (QED) is 0.837. The van der Waals surface area contributed by atoms with Crippen LogP contribution in [0.25, 0.3) is 11.3 Å². The Morgan fingerprint density at radius 1 is 1.44 bits per heavy atom. The zero-order chi connectivity index (χ0) is 17.6. The van der Waals surface area contributed by atoms with Crippen LogP contribution in [-0.2, 0) is 9.53 Å². The van der Waals surface area contributed by atoms with Crippen molar-refractivity contribution in [2.75, 3.05) is 32.1 Å². The zero-order valence-corrected chi connectivity index (χ0v) is 13.7. The first-order chi connectivity index (χ1) is 12.2. The van der Waals surface area contributed by atoms with Gasteiger partial charge in [0.1, 0.15) is 17.9 Å². The first-order valence-electron chi connectivity index (χ1n) is 7.73. The molecule has 0 bridgehead atoms. The molecule has 8 heteroatoms. The van der Waals surface area contributed by atoms with Crippen LogP contribution in [0.4, 0.5) is 5.82 Å². The van der Waals surface area contributed by atoms with Crippen LogP contribution in [-0.4, -0.2) is 53.7 Å². The fourth-order valence-electron chi connectivity index (χ4n) is 2.47. The highest BCUT2D eigenvalue weighted by Crippen LogP contribution is 2.23. The van der Waals surface area contributed by atoms with Crippen molar-refractivity contribution >= 4 is 11.7 Å². The van der Waals surface area contributed by atoms with Crippen molar-refractivity contribution in [3.8, 4) is 23.2 Å². The summed E-state index contributed by atoms with van der Waals surface area (Å²) in [5, 5.41) is 11.7. The third-order valence-electron chi connectivity index (χ3n) is 3.78. The summed E-state index contributed by atoms with van der Waals surface area (Å²) in [7, 11) is 1.60. The van der Waals surface area contributed by atoms with E-state index in [9.17, 15) is 4.79 Å². The number of aromatic nitrogens is 2. The molecule has 3 rings (SSSR count). The van der Waals surface area contributed by atoms with Crippen molar-refractivity contribution in [3.63, 3.8) is 0 Å². The maximum absolute atomic E-state index is 12.3. The Balaban J connectivity index is 1.73. The van der Waals surface area contributed by atoms with Gasteiger partial charge in [0.25, 0.3) is 5.91 Å². The molecule has 1 atom stereocenters. The molecular formula is C17H17N5O3. The molecule has 2 heterocycles. The van der Waals surface area contributed by atoms with Crippen molar-refractivity contribution in [1.82, 2.24) is 14.9 Å². The number of carbonyl (C=O) groups is 1. The number of amides is 1. The van der Waals surface area contributed by atoms with E-state index in [2.05, 4.69) is 15.3 Å². The van der Waals surface area contributed by atoms with E-state index in [0.29, 0.717) is 30.4 Å². The Labute approximate surface area is 145 Å². The lowest BCUT2D eigenvalue weighted by molar-refractivity contribution is -0.131.